The van der Waals surface area contributed by atoms with E-state index in [0.29, 0.717) is 11.6 Å². The van der Waals surface area contributed by atoms with Gasteiger partial charge >= 0.3 is 0 Å². The van der Waals surface area contributed by atoms with E-state index in [1.807, 2.05) is 13.2 Å². The van der Waals surface area contributed by atoms with Crippen molar-refractivity contribution >= 4 is 11.8 Å². The van der Waals surface area contributed by atoms with Crippen molar-refractivity contribution in [2.24, 2.45) is 0 Å². The van der Waals surface area contributed by atoms with Crippen molar-refractivity contribution in [1.82, 2.24) is 9.97 Å². The third kappa shape index (κ3) is 3.31. The van der Waals surface area contributed by atoms with Crippen molar-refractivity contribution in [1.29, 1.82) is 0 Å². The van der Waals surface area contributed by atoms with Crippen LogP contribution in [0, 0.1) is 0 Å². The van der Waals surface area contributed by atoms with E-state index in [4.69, 9.17) is 0 Å². The zero-order valence-electron chi connectivity index (χ0n) is 12.2. The van der Waals surface area contributed by atoms with E-state index in [1.54, 1.807) is 0 Å². The maximum Gasteiger partial charge on any atom is 0.255 e. The molecule has 0 radical (unpaired) electrons. The number of thioether (sulfide) groups is 1. The van der Waals surface area contributed by atoms with Gasteiger partial charge in [0.25, 0.3) is 5.56 Å². The van der Waals surface area contributed by atoms with Gasteiger partial charge in [-0.05, 0) is 30.2 Å². The fourth-order valence-corrected chi connectivity index (χ4v) is 2.59. The van der Waals surface area contributed by atoms with Crippen LogP contribution in [0.25, 0.3) is 0 Å². The lowest BCUT2D eigenvalue weighted by molar-refractivity contribution is 0.833. The van der Waals surface area contributed by atoms with Gasteiger partial charge in [0.15, 0.2) is 5.16 Å². The molecule has 0 atom stereocenters. The number of aromatic nitrogens is 2. The molecule has 1 aromatic heterocycles. The summed E-state index contributed by atoms with van der Waals surface area (Å²) in [5.74, 6) is 0. The first-order valence-electron chi connectivity index (χ1n) is 6.91. The minimum Gasteiger partial charge on any atom is -0.301 e. The molecule has 0 saturated heterocycles. The second kappa shape index (κ2) is 6.75. The van der Waals surface area contributed by atoms with Gasteiger partial charge in [0, 0.05) is 12.0 Å². The Hall–Kier alpha value is -1.55. The van der Waals surface area contributed by atoms with E-state index >= 15 is 0 Å². The van der Waals surface area contributed by atoms with Gasteiger partial charge in [-0.2, -0.15) is 0 Å². The van der Waals surface area contributed by atoms with Gasteiger partial charge in [-0.15, -0.1) is 0 Å². The second-order valence-electron chi connectivity index (χ2n) is 4.70. The Bertz CT molecular complexity index is 632. The van der Waals surface area contributed by atoms with Crippen LogP contribution in [0.1, 0.15) is 36.2 Å². The molecule has 106 valence electrons. The van der Waals surface area contributed by atoms with Gasteiger partial charge in [-0.25, -0.2) is 4.98 Å². The molecule has 0 amide bonds. The second-order valence-corrected chi connectivity index (χ2v) is 5.50. The van der Waals surface area contributed by atoms with E-state index in [1.165, 1.54) is 17.3 Å². The SMILES string of the molecule is CCc1ccc(Cc2c(CC)nc(SC)[nH]c2=O)cc1. The molecule has 4 heteroatoms. The zero-order valence-corrected chi connectivity index (χ0v) is 13.0. The van der Waals surface area contributed by atoms with Crippen LogP contribution in [0.3, 0.4) is 0 Å². The molecule has 0 saturated carbocycles. The number of aromatic amines is 1. The lowest BCUT2D eigenvalue weighted by Crippen LogP contribution is -2.18. The third-order valence-electron chi connectivity index (χ3n) is 3.42. The maximum atomic E-state index is 12.2. The van der Waals surface area contributed by atoms with Crippen molar-refractivity contribution < 1.29 is 0 Å². The molecule has 3 nitrogen and oxygen atoms in total. The van der Waals surface area contributed by atoms with E-state index in [-0.39, 0.29) is 5.56 Å². The molecule has 0 bridgehead atoms. The Balaban J connectivity index is 2.34. The fourth-order valence-electron chi connectivity index (χ4n) is 2.19. The van der Waals surface area contributed by atoms with Gasteiger partial charge in [-0.1, -0.05) is 49.9 Å². The van der Waals surface area contributed by atoms with Crippen LogP contribution in [0.2, 0.25) is 0 Å². The molecule has 1 aromatic carbocycles. The first kappa shape index (κ1) is 14.9. The average Bonchev–Trinajstić information content (AvgIpc) is 2.49. The van der Waals surface area contributed by atoms with E-state index < -0.39 is 0 Å². The van der Waals surface area contributed by atoms with Crippen molar-refractivity contribution in [2.45, 2.75) is 38.3 Å². The maximum absolute atomic E-state index is 12.2. The van der Waals surface area contributed by atoms with Crippen molar-refractivity contribution in [2.75, 3.05) is 6.26 Å². The largest absolute Gasteiger partial charge is 0.301 e. The predicted octanol–water partition coefficient (Wildman–Crippen LogP) is 3.21. The Morgan fingerprint density at radius 3 is 2.30 bits per heavy atom. The molecule has 0 aliphatic heterocycles. The van der Waals surface area contributed by atoms with E-state index in [0.717, 1.165) is 29.7 Å². The summed E-state index contributed by atoms with van der Waals surface area (Å²) >= 11 is 1.47. The first-order chi connectivity index (χ1) is 9.67. The van der Waals surface area contributed by atoms with Gasteiger partial charge in [0.1, 0.15) is 0 Å². The molecule has 20 heavy (non-hydrogen) atoms. The molecule has 0 unspecified atom stereocenters. The highest BCUT2D eigenvalue weighted by atomic mass is 32.2. The van der Waals surface area contributed by atoms with Crippen molar-refractivity contribution in [3.63, 3.8) is 0 Å². The Labute approximate surface area is 123 Å². The summed E-state index contributed by atoms with van der Waals surface area (Å²) in [7, 11) is 0. The standard InChI is InChI=1S/C16H20N2OS/c1-4-11-6-8-12(9-7-11)10-13-14(5-2)17-16(20-3)18-15(13)19/h6-9H,4-5,10H2,1-3H3,(H,17,18,19). The Morgan fingerprint density at radius 1 is 1.10 bits per heavy atom. The van der Waals surface area contributed by atoms with Gasteiger partial charge in [-0.3, -0.25) is 4.79 Å². The predicted molar refractivity (Wildman–Crippen MR) is 84.6 cm³/mol. The van der Waals surface area contributed by atoms with E-state index in [2.05, 4.69) is 41.2 Å². The number of aryl methyl sites for hydroxylation is 2. The summed E-state index contributed by atoms with van der Waals surface area (Å²) < 4.78 is 0. The summed E-state index contributed by atoms with van der Waals surface area (Å²) in [4.78, 5) is 19.5. The lowest BCUT2D eigenvalue weighted by Gasteiger charge is -2.08. The number of hydrogen-bond donors (Lipinski definition) is 1. The number of nitrogens with one attached hydrogen (secondary N) is 1. The van der Waals surface area contributed by atoms with Crippen molar-refractivity contribution in [3.05, 3.63) is 57.0 Å². The normalized spacial score (nSPS) is 10.8. The van der Waals surface area contributed by atoms with Gasteiger partial charge < -0.3 is 4.98 Å². The zero-order chi connectivity index (χ0) is 14.5. The molecule has 2 rings (SSSR count). The molecular weight excluding hydrogens is 268 g/mol. The molecule has 0 spiro atoms. The topological polar surface area (TPSA) is 45.8 Å². The molecule has 2 aromatic rings. The average molecular weight is 288 g/mol. The molecule has 0 fully saturated rings. The van der Waals surface area contributed by atoms with Crippen molar-refractivity contribution in [3.8, 4) is 0 Å². The number of nitrogens with zero attached hydrogens (tertiary/aromatic N) is 1. The molecule has 0 aliphatic rings. The number of hydrogen-bond acceptors (Lipinski definition) is 3. The molecule has 1 N–H and O–H groups in total. The van der Waals surface area contributed by atoms with Crippen LogP contribution in [0.4, 0.5) is 0 Å². The number of rotatable bonds is 5. The number of H-pyrrole nitrogens is 1. The summed E-state index contributed by atoms with van der Waals surface area (Å²) in [6, 6.07) is 8.44. The highest BCUT2D eigenvalue weighted by molar-refractivity contribution is 7.98. The quantitative estimate of drug-likeness (QED) is 0.679. The highest BCUT2D eigenvalue weighted by Gasteiger charge is 2.10. The highest BCUT2D eigenvalue weighted by Crippen LogP contribution is 2.14. The van der Waals surface area contributed by atoms with Crippen LogP contribution in [-0.2, 0) is 19.3 Å². The summed E-state index contributed by atoms with van der Waals surface area (Å²) in [6.07, 6.45) is 4.37. The van der Waals surface area contributed by atoms with E-state index in [9.17, 15) is 4.79 Å². The van der Waals surface area contributed by atoms with Crippen LogP contribution < -0.4 is 5.56 Å². The van der Waals surface area contributed by atoms with Crippen LogP contribution in [-0.4, -0.2) is 16.2 Å². The summed E-state index contributed by atoms with van der Waals surface area (Å²) in [5, 5.41) is 0.692. The minimum absolute atomic E-state index is 0.0132. The minimum atomic E-state index is -0.0132. The first-order valence-corrected chi connectivity index (χ1v) is 8.14. The van der Waals surface area contributed by atoms with Crippen LogP contribution in [0.5, 0.6) is 0 Å². The summed E-state index contributed by atoms with van der Waals surface area (Å²) in [5.41, 5.74) is 4.14. The lowest BCUT2D eigenvalue weighted by atomic mass is 10.0. The number of benzene rings is 1. The van der Waals surface area contributed by atoms with Crippen LogP contribution in [0.15, 0.2) is 34.2 Å². The summed E-state index contributed by atoms with van der Waals surface area (Å²) in [6.45, 7) is 4.18. The van der Waals surface area contributed by atoms with Crippen LogP contribution >= 0.6 is 11.8 Å². The Kier molecular flexibility index (Phi) is 5.01. The van der Waals surface area contributed by atoms with Gasteiger partial charge in [0.2, 0.25) is 0 Å². The monoisotopic (exact) mass is 288 g/mol. The fraction of sp³-hybridized carbons (Fsp3) is 0.375. The van der Waals surface area contributed by atoms with Gasteiger partial charge in [0.05, 0.1) is 5.69 Å². The Morgan fingerprint density at radius 2 is 1.75 bits per heavy atom. The molecule has 1 heterocycles. The third-order valence-corrected chi connectivity index (χ3v) is 4.00. The molecular formula is C16H20N2OS. The smallest absolute Gasteiger partial charge is 0.255 e. The molecule has 0 aliphatic carbocycles.